The fourth-order valence-corrected chi connectivity index (χ4v) is 3.85. The van der Waals surface area contributed by atoms with Crippen molar-refractivity contribution in [2.75, 3.05) is 18.0 Å². The lowest BCUT2D eigenvalue weighted by Gasteiger charge is -2.33. The summed E-state index contributed by atoms with van der Waals surface area (Å²) in [4.78, 5) is 12.3. The summed E-state index contributed by atoms with van der Waals surface area (Å²) in [6.45, 7) is 0.474. The van der Waals surface area contributed by atoms with E-state index < -0.39 is 23.3 Å². The minimum atomic E-state index is -2.66. The maximum Gasteiger partial charge on any atom is 0.329 e. The fraction of sp³-hybridized carbons (Fsp3) is 0.316. The first-order chi connectivity index (χ1) is 13.1. The Hall–Kier alpha value is -2.42. The van der Waals surface area contributed by atoms with Crippen molar-refractivity contribution in [3.8, 4) is 0 Å². The molecule has 0 aliphatic heterocycles. The van der Waals surface area contributed by atoms with Gasteiger partial charge in [0, 0.05) is 22.0 Å². The highest BCUT2D eigenvalue weighted by atomic mass is 32.2. The van der Waals surface area contributed by atoms with Gasteiger partial charge in [-0.25, -0.2) is 4.79 Å². The molecule has 2 atom stereocenters. The number of nitrogens with zero attached hydrogens (tertiary/aromatic N) is 1. The summed E-state index contributed by atoms with van der Waals surface area (Å²) in [6, 6.07) is 11.6. The van der Waals surface area contributed by atoms with E-state index in [1.807, 2.05) is 24.3 Å². The quantitative estimate of drug-likeness (QED) is 0.360. The summed E-state index contributed by atoms with van der Waals surface area (Å²) in [6.07, 6.45) is 1.63. The Morgan fingerprint density at radius 1 is 1.22 bits per heavy atom. The molecule has 3 aromatic rings. The number of methoxy groups -OCH3 is 1. The maximum absolute atomic E-state index is 12.3. The summed E-state index contributed by atoms with van der Waals surface area (Å²) in [5.74, 6) is -0.603. The molecule has 27 heavy (non-hydrogen) atoms. The van der Waals surface area contributed by atoms with E-state index in [1.165, 1.54) is 7.11 Å². The minimum Gasteiger partial charge on any atom is -0.755 e. The van der Waals surface area contributed by atoms with Crippen molar-refractivity contribution in [3.05, 3.63) is 42.5 Å². The standard InChI is InChI=1S/C19H22N2O5S/c1-25-19(22)16(7-4-5-11-20)21(27(23)24)13-9-10-18-15(12-13)14-6-2-3-8-17(14)26-18/h2-3,6,8-10,12,16H,4-5,7,11,20H2,1H3,(H,23,24)/p-1. The van der Waals surface area contributed by atoms with Gasteiger partial charge in [-0.2, -0.15) is 0 Å². The van der Waals surface area contributed by atoms with Crippen LogP contribution in [0.5, 0.6) is 0 Å². The Morgan fingerprint density at radius 3 is 2.67 bits per heavy atom. The zero-order valence-corrected chi connectivity index (χ0v) is 15.7. The second-order valence-corrected chi connectivity index (χ2v) is 6.97. The highest BCUT2D eigenvalue weighted by Crippen LogP contribution is 2.33. The number of benzene rings is 2. The molecule has 0 aliphatic carbocycles. The van der Waals surface area contributed by atoms with Crippen LogP contribution in [0.4, 0.5) is 5.69 Å². The van der Waals surface area contributed by atoms with Gasteiger partial charge in [-0.3, -0.25) is 8.51 Å². The number of esters is 1. The van der Waals surface area contributed by atoms with Crippen molar-refractivity contribution in [1.82, 2.24) is 0 Å². The van der Waals surface area contributed by atoms with Crippen LogP contribution < -0.4 is 10.0 Å². The van der Waals surface area contributed by atoms with Gasteiger partial charge in [0.05, 0.1) is 12.8 Å². The molecule has 0 radical (unpaired) electrons. The first-order valence-corrected chi connectivity index (χ1v) is 9.67. The summed E-state index contributed by atoms with van der Waals surface area (Å²) in [5.41, 5.74) is 7.25. The molecule has 1 aromatic heterocycles. The molecule has 144 valence electrons. The second kappa shape index (κ2) is 8.51. The molecule has 1 heterocycles. The van der Waals surface area contributed by atoms with E-state index >= 15 is 0 Å². The van der Waals surface area contributed by atoms with Gasteiger partial charge < -0.3 is 19.4 Å². The third-order valence-electron chi connectivity index (χ3n) is 4.46. The lowest BCUT2D eigenvalue weighted by atomic mass is 10.1. The fourth-order valence-electron chi connectivity index (χ4n) is 3.17. The Balaban J connectivity index is 2.05. The molecule has 0 saturated heterocycles. The van der Waals surface area contributed by atoms with Gasteiger partial charge in [-0.15, -0.1) is 0 Å². The smallest absolute Gasteiger partial charge is 0.329 e. The van der Waals surface area contributed by atoms with Gasteiger partial charge in [-0.05, 0) is 50.1 Å². The first-order valence-electron chi connectivity index (χ1n) is 8.64. The third-order valence-corrected chi connectivity index (χ3v) is 5.25. The summed E-state index contributed by atoms with van der Waals surface area (Å²) in [7, 11) is 1.25. The lowest BCUT2D eigenvalue weighted by Crippen LogP contribution is -2.43. The molecule has 7 nitrogen and oxygen atoms in total. The number of unbranched alkanes of at least 4 members (excludes halogenated alkanes) is 1. The number of furan rings is 1. The van der Waals surface area contributed by atoms with Crippen LogP contribution in [-0.4, -0.2) is 34.4 Å². The number of para-hydroxylation sites is 1. The number of rotatable bonds is 8. The Labute approximate surface area is 159 Å². The third kappa shape index (κ3) is 3.97. The molecule has 0 fully saturated rings. The maximum atomic E-state index is 12.3. The summed E-state index contributed by atoms with van der Waals surface area (Å²) >= 11 is -2.66. The van der Waals surface area contributed by atoms with Crippen LogP contribution in [0.15, 0.2) is 46.9 Å². The average molecular weight is 389 g/mol. The number of ether oxygens (including phenoxy) is 1. The zero-order valence-electron chi connectivity index (χ0n) is 14.9. The molecule has 0 saturated carbocycles. The second-order valence-electron chi connectivity index (χ2n) is 6.15. The number of anilines is 1. The van der Waals surface area contributed by atoms with E-state index in [4.69, 9.17) is 14.9 Å². The van der Waals surface area contributed by atoms with Gasteiger partial charge in [-0.1, -0.05) is 18.2 Å². The summed E-state index contributed by atoms with van der Waals surface area (Å²) in [5, 5.41) is 1.66. The van der Waals surface area contributed by atoms with Gasteiger partial charge in [0.25, 0.3) is 0 Å². The number of carbonyl (C=O) groups excluding carboxylic acids is 1. The van der Waals surface area contributed by atoms with Crippen molar-refractivity contribution in [1.29, 1.82) is 0 Å². The van der Waals surface area contributed by atoms with Crippen LogP contribution in [0, 0.1) is 0 Å². The molecule has 0 aliphatic rings. The predicted molar refractivity (Wildman–Crippen MR) is 104 cm³/mol. The van der Waals surface area contributed by atoms with Crippen LogP contribution in [0.1, 0.15) is 19.3 Å². The van der Waals surface area contributed by atoms with Gasteiger partial charge in [0.2, 0.25) is 0 Å². The van der Waals surface area contributed by atoms with Crippen LogP contribution >= 0.6 is 0 Å². The van der Waals surface area contributed by atoms with E-state index in [0.29, 0.717) is 42.7 Å². The van der Waals surface area contributed by atoms with Crippen molar-refractivity contribution in [2.24, 2.45) is 5.73 Å². The molecule has 0 amide bonds. The summed E-state index contributed by atoms with van der Waals surface area (Å²) < 4.78 is 35.7. The SMILES string of the molecule is COC(=O)C(CCCCN)N(c1ccc2oc3ccccc3c2c1)S(=O)[O-]. The highest BCUT2D eigenvalue weighted by molar-refractivity contribution is 7.80. The number of hydrogen-bond donors (Lipinski definition) is 1. The molecule has 0 bridgehead atoms. The number of carbonyl (C=O) groups is 1. The molecule has 2 N–H and O–H groups in total. The van der Waals surface area contributed by atoms with Crippen molar-refractivity contribution < 1.29 is 22.7 Å². The molecule has 0 spiro atoms. The number of nitrogens with two attached hydrogens (primary N) is 1. The molecular formula is C19H21N2O5S-. The monoisotopic (exact) mass is 389 g/mol. The van der Waals surface area contributed by atoms with Gasteiger partial charge in [0.1, 0.15) is 17.2 Å². The molecule has 2 unspecified atom stereocenters. The van der Waals surface area contributed by atoms with Crippen LogP contribution in [0.3, 0.4) is 0 Å². The van der Waals surface area contributed by atoms with Crippen molar-refractivity contribution in [3.63, 3.8) is 0 Å². The van der Waals surface area contributed by atoms with Crippen molar-refractivity contribution >= 4 is 44.9 Å². The average Bonchev–Trinajstić information content (AvgIpc) is 3.04. The van der Waals surface area contributed by atoms with Crippen LogP contribution in [0.25, 0.3) is 21.9 Å². The van der Waals surface area contributed by atoms with Gasteiger partial charge >= 0.3 is 5.97 Å². The highest BCUT2D eigenvalue weighted by Gasteiger charge is 2.28. The Morgan fingerprint density at radius 2 is 1.96 bits per heavy atom. The largest absolute Gasteiger partial charge is 0.755 e. The van der Waals surface area contributed by atoms with E-state index in [2.05, 4.69) is 0 Å². The van der Waals surface area contributed by atoms with Crippen LogP contribution in [0.2, 0.25) is 0 Å². The van der Waals surface area contributed by atoms with Crippen molar-refractivity contribution in [2.45, 2.75) is 25.3 Å². The van der Waals surface area contributed by atoms with E-state index in [9.17, 15) is 13.6 Å². The molecular weight excluding hydrogens is 368 g/mol. The number of hydrogen-bond acceptors (Lipinski definition) is 6. The molecule has 2 aromatic carbocycles. The normalized spacial score (nSPS) is 13.6. The lowest BCUT2D eigenvalue weighted by molar-refractivity contribution is -0.142. The Bertz CT molecular complexity index is 971. The van der Waals surface area contributed by atoms with Crippen LogP contribution in [-0.2, 0) is 20.8 Å². The molecule has 8 heteroatoms. The predicted octanol–water partition coefficient (Wildman–Crippen LogP) is 2.86. The van der Waals surface area contributed by atoms with E-state index in [-0.39, 0.29) is 0 Å². The number of fused-ring (bicyclic) bond motifs is 3. The molecule has 3 rings (SSSR count). The Kier molecular flexibility index (Phi) is 6.10. The zero-order chi connectivity index (χ0) is 19.4. The van der Waals surface area contributed by atoms with E-state index in [1.54, 1.807) is 18.2 Å². The van der Waals surface area contributed by atoms with E-state index in [0.717, 1.165) is 15.1 Å². The first kappa shape index (κ1) is 19.3. The van der Waals surface area contributed by atoms with Gasteiger partial charge in [0.15, 0.2) is 0 Å². The topological polar surface area (TPSA) is 109 Å². The minimum absolute atomic E-state index is 0.321.